The molecule has 6 heterocycles. The Morgan fingerprint density at radius 1 is 0.143 bits per heavy atom. The average Bonchev–Trinajstić information content (AvgIpc) is 1.52. The molecule has 0 aliphatic heterocycles. The molecule has 628 valence electrons. The molecular formula is C118H114N6O2. The smallest absolute Gasteiger partial charge is 0.234 e. The van der Waals surface area contributed by atoms with E-state index in [-0.39, 0.29) is 43.3 Å². The molecule has 1 aliphatic carbocycles. The number of Topliss-reactive ketones (excluding diaryl/α,β-unsaturated/α-hetero) is 2. The van der Waals surface area contributed by atoms with Crippen LogP contribution in [0, 0.1) is 0 Å². The second kappa shape index (κ2) is 26.9. The van der Waals surface area contributed by atoms with E-state index in [1.54, 1.807) is 0 Å². The maximum atomic E-state index is 15.1. The molecule has 8 nitrogen and oxygen atoms in total. The predicted molar refractivity (Wildman–Crippen MR) is 536 cm³/mol. The van der Waals surface area contributed by atoms with Crippen LogP contribution in [0.3, 0.4) is 0 Å². The molecule has 0 atom stereocenters. The van der Waals surface area contributed by atoms with E-state index in [9.17, 15) is 0 Å². The maximum absolute atomic E-state index is 15.1. The van der Waals surface area contributed by atoms with Crippen LogP contribution in [0.5, 0.6) is 0 Å². The van der Waals surface area contributed by atoms with Gasteiger partial charge in [-0.2, -0.15) is 0 Å². The lowest BCUT2D eigenvalue weighted by molar-refractivity contribution is 0.0815. The summed E-state index contributed by atoms with van der Waals surface area (Å²) in [6.07, 6.45) is 0. The molecule has 0 N–H and O–H groups in total. The number of benzene rings is 14. The highest BCUT2D eigenvalue weighted by Crippen LogP contribution is 2.49. The van der Waals surface area contributed by atoms with Gasteiger partial charge in [0.1, 0.15) is 0 Å². The molecule has 14 aromatic carbocycles. The molecule has 0 bridgehead atoms. The zero-order valence-electron chi connectivity index (χ0n) is 77.7. The average molecular weight is 1650 g/mol. The van der Waals surface area contributed by atoms with Gasteiger partial charge in [-0.1, -0.05) is 215 Å². The molecule has 0 unspecified atom stereocenters. The minimum Gasteiger partial charge on any atom is -0.309 e. The van der Waals surface area contributed by atoms with Crippen molar-refractivity contribution in [3.05, 3.63) is 310 Å². The molecule has 0 radical (unpaired) electrons. The summed E-state index contributed by atoms with van der Waals surface area (Å²) in [5.74, 6) is -1.03. The first kappa shape index (κ1) is 80.3. The third-order valence-electron chi connectivity index (χ3n) is 28.0. The summed E-state index contributed by atoms with van der Waals surface area (Å²) in [7, 11) is 0. The lowest BCUT2D eigenvalue weighted by atomic mass is 9.83. The van der Waals surface area contributed by atoms with Crippen molar-refractivity contribution < 1.29 is 9.59 Å². The molecule has 0 spiro atoms. The Hall–Kier alpha value is -12.8. The molecule has 6 aromatic heterocycles. The lowest BCUT2D eigenvalue weighted by Crippen LogP contribution is -2.21. The van der Waals surface area contributed by atoms with Crippen LogP contribution < -0.4 is 0 Å². The van der Waals surface area contributed by atoms with Crippen LogP contribution in [0.4, 0.5) is 0 Å². The molecule has 8 heteroatoms. The number of aromatic nitrogens is 6. The first-order chi connectivity index (χ1) is 59.3. The topological polar surface area (TPSA) is 63.7 Å². The highest BCUT2D eigenvalue weighted by atomic mass is 16.2. The molecular weight excluding hydrogens is 1530 g/mol. The van der Waals surface area contributed by atoms with Crippen LogP contribution in [0.25, 0.3) is 176 Å². The van der Waals surface area contributed by atoms with E-state index >= 15 is 9.59 Å². The summed E-state index contributed by atoms with van der Waals surface area (Å²) in [5.41, 5.74) is 31.2. The summed E-state index contributed by atoms with van der Waals surface area (Å²) in [6.45, 7) is 55.3. The fourth-order valence-corrected chi connectivity index (χ4v) is 20.5. The van der Waals surface area contributed by atoms with Crippen molar-refractivity contribution in [3.8, 4) is 45.3 Å². The highest BCUT2D eigenvalue weighted by molar-refractivity contribution is 6.53. The number of carbonyl (C=O) groups is 2. The second-order valence-corrected chi connectivity index (χ2v) is 44.8. The summed E-state index contributed by atoms with van der Waals surface area (Å²) in [6, 6.07) is 96.9. The van der Waals surface area contributed by atoms with Gasteiger partial charge in [0.15, 0.2) is 0 Å². The van der Waals surface area contributed by atoms with Crippen LogP contribution >= 0.6 is 0 Å². The predicted octanol–water partition coefficient (Wildman–Crippen LogP) is 31.7. The molecule has 0 saturated carbocycles. The van der Waals surface area contributed by atoms with Gasteiger partial charge < -0.3 is 27.4 Å². The number of fused-ring (bicyclic) bond motifs is 21. The van der Waals surface area contributed by atoms with Crippen molar-refractivity contribution in [2.24, 2.45) is 0 Å². The summed E-state index contributed by atoms with van der Waals surface area (Å²) >= 11 is 0. The van der Waals surface area contributed by atoms with Crippen molar-refractivity contribution >= 4 is 142 Å². The third-order valence-corrected chi connectivity index (χ3v) is 28.0. The quantitative estimate of drug-likeness (QED) is 0.156. The Morgan fingerprint density at radius 3 is 0.421 bits per heavy atom. The van der Waals surface area contributed by atoms with Gasteiger partial charge in [0.25, 0.3) is 0 Å². The van der Waals surface area contributed by atoms with Gasteiger partial charge in [-0.3, -0.25) is 9.59 Å². The van der Waals surface area contributed by atoms with E-state index in [2.05, 4.69) is 436 Å². The number of nitrogens with zero attached hydrogens (tertiary/aromatic N) is 6. The van der Waals surface area contributed by atoms with Crippen LogP contribution in [0.1, 0.15) is 231 Å². The highest BCUT2D eigenvalue weighted by Gasteiger charge is 2.35. The van der Waals surface area contributed by atoms with Crippen molar-refractivity contribution in [3.63, 3.8) is 0 Å². The first-order valence-corrected chi connectivity index (χ1v) is 45.3. The van der Waals surface area contributed by atoms with Crippen LogP contribution in [0.15, 0.2) is 255 Å². The van der Waals surface area contributed by atoms with Gasteiger partial charge in [-0.25, -0.2) is 0 Å². The number of hydrogen-bond donors (Lipinski definition) is 0. The van der Waals surface area contributed by atoms with Crippen LogP contribution in [-0.4, -0.2) is 39.0 Å². The Kier molecular flexibility index (Phi) is 17.1. The third kappa shape index (κ3) is 12.5. The van der Waals surface area contributed by atoms with Crippen LogP contribution in [-0.2, 0) is 43.3 Å². The van der Waals surface area contributed by atoms with E-state index in [0.717, 1.165) is 122 Å². The molecule has 0 amide bonds. The largest absolute Gasteiger partial charge is 0.309 e. The molecule has 0 fully saturated rings. The Balaban J connectivity index is 0.789. The number of ketones is 2. The Morgan fingerprint density at radius 2 is 0.270 bits per heavy atom. The Labute approximate surface area is 739 Å². The van der Waals surface area contributed by atoms with Crippen molar-refractivity contribution in [2.75, 3.05) is 0 Å². The normalized spacial score (nSPS) is 13.7. The van der Waals surface area contributed by atoms with Gasteiger partial charge in [-0.15, -0.1) is 0 Å². The van der Waals surface area contributed by atoms with E-state index in [1.807, 2.05) is 12.1 Å². The first-order valence-electron chi connectivity index (χ1n) is 45.3. The van der Waals surface area contributed by atoms with Gasteiger partial charge in [0.05, 0.1) is 66.2 Å². The zero-order chi connectivity index (χ0) is 88.6. The van der Waals surface area contributed by atoms with Gasteiger partial charge in [0, 0.05) is 110 Å². The number of rotatable bonds is 6. The minimum atomic E-state index is -0.514. The fraction of sp³-hybridized carbons (Fsp3) is 0.271. The van der Waals surface area contributed by atoms with E-state index in [4.69, 9.17) is 0 Å². The zero-order valence-corrected chi connectivity index (χ0v) is 77.7. The molecule has 1 aliphatic rings. The van der Waals surface area contributed by atoms with E-state index in [1.165, 1.54) is 87.6 Å². The molecule has 21 rings (SSSR count). The number of carbonyl (C=O) groups excluding carboxylic acids is 2. The monoisotopic (exact) mass is 1650 g/mol. The SMILES string of the molecule is CC(C)(C)c1ccc2c(c1)c1cc(C(C)(C)C)ccc1n2-c1ccc2c(c1)c1cc(-n3c4ccc(C(C)(C)C)cc4c4cc(C(C)(C)C)ccc43)ccc1n2-c1ccc2c(c1)-c1cc(-n3c4ccc(-n5c6ccc(C(C)(C)C)cc6c6cc(C(C)(C)C)ccc65)cc4c4cc(-n5c6ccc(C(C)(C)C)cc6c6cc(C(C)(C)C)ccc65)ccc43)ccc1C(=O)C2=O. The second-order valence-electron chi connectivity index (χ2n) is 44.8. The van der Waals surface area contributed by atoms with Crippen LogP contribution in [0.2, 0.25) is 0 Å². The van der Waals surface area contributed by atoms with Crippen molar-refractivity contribution in [2.45, 2.75) is 209 Å². The van der Waals surface area contributed by atoms with E-state index < -0.39 is 11.6 Å². The standard InChI is InChI=1S/C118H114N6O2/c1-111(2,3)67-25-41-97-85(53-67)86-54-68(112(4,5)6)26-42-98(86)121(97)77-35-49-105-93(63-77)94-64-78(122-99-43-27-69(113(7,8)9)55-87(99)88-56-70(114(10,11)12)28-44-100(88)122)36-50-106(94)119(105)75-33-39-81-83(61-75)84-62-76(34-40-82(84)110(126)109(81)125)120-107-51-37-79(123-101-45-29-71(115(13,14)15)57-89(101)90-58-72(116(16,17)18)30-46-102(90)123)65-95(107)96-66-80(38-52-108(96)120)124-103-47-31-73(117(19,20)21)59-91(103)92-60-74(118(22,23)24)32-48-104(92)124/h25-66H,1-24H3. The summed E-state index contributed by atoms with van der Waals surface area (Å²) in [4.78, 5) is 30.1. The minimum absolute atomic E-state index is 0.0624. The summed E-state index contributed by atoms with van der Waals surface area (Å²) < 4.78 is 14.7. The Bertz CT molecular complexity index is 7000. The van der Waals surface area contributed by atoms with Crippen molar-refractivity contribution in [1.82, 2.24) is 27.4 Å². The van der Waals surface area contributed by atoms with E-state index in [0.29, 0.717) is 22.3 Å². The lowest BCUT2D eigenvalue weighted by Gasteiger charge is -2.21. The maximum Gasteiger partial charge on any atom is 0.234 e. The summed E-state index contributed by atoms with van der Waals surface area (Å²) in [5, 5.41) is 14.2. The fourth-order valence-electron chi connectivity index (χ4n) is 20.5. The van der Waals surface area contributed by atoms with Gasteiger partial charge >= 0.3 is 0 Å². The molecule has 126 heavy (non-hydrogen) atoms. The molecule has 0 saturated heterocycles. The molecule has 20 aromatic rings. The van der Waals surface area contributed by atoms with Gasteiger partial charge in [0.2, 0.25) is 11.6 Å². The van der Waals surface area contributed by atoms with Gasteiger partial charge in [-0.05, 0) is 305 Å². The van der Waals surface area contributed by atoms with Crippen molar-refractivity contribution in [1.29, 1.82) is 0 Å². The number of hydrogen-bond acceptors (Lipinski definition) is 2.